The van der Waals surface area contributed by atoms with Gasteiger partial charge in [-0.2, -0.15) is 0 Å². The summed E-state index contributed by atoms with van der Waals surface area (Å²) in [6.07, 6.45) is 8.20. The van der Waals surface area contributed by atoms with E-state index in [4.69, 9.17) is 4.74 Å². The largest absolute Gasteiger partial charge is 0.480 e. The maximum Gasteiger partial charge on any atom is 0.323 e. The van der Waals surface area contributed by atoms with Crippen molar-refractivity contribution in [2.45, 2.75) is 78.2 Å². The van der Waals surface area contributed by atoms with Gasteiger partial charge in [0, 0.05) is 5.41 Å². The lowest BCUT2D eigenvalue weighted by atomic mass is 9.45. The van der Waals surface area contributed by atoms with Gasteiger partial charge >= 0.3 is 11.9 Å². The highest BCUT2D eigenvalue weighted by molar-refractivity contribution is 5.98. The van der Waals surface area contributed by atoms with Crippen LogP contribution in [-0.2, 0) is 14.3 Å². The van der Waals surface area contributed by atoms with E-state index in [-0.39, 0.29) is 5.41 Å². The molecular formula is C19H30O4. The zero-order valence-electron chi connectivity index (χ0n) is 14.9. The van der Waals surface area contributed by atoms with Gasteiger partial charge in [0.15, 0.2) is 5.41 Å². The number of carboxylic acid groups (broad SMARTS) is 1. The second-order valence-electron chi connectivity index (χ2n) is 9.10. The van der Waals surface area contributed by atoms with Gasteiger partial charge in [0.05, 0.1) is 0 Å². The van der Waals surface area contributed by atoms with Crippen molar-refractivity contribution in [1.29, 1.82) is 0 Å². The molecule has 4 fully saturated rings. The fourth-order valence-electron chi connectivity index (χ4n) is 5.73. The number of ether oxygens (including phenoxy) is 1. The minimum absolute atomic E-state index is 0.0563. The molecule has 4 aliphatic carbocycles. The predicted molar refractivity (Wildman–Crippen MR) is 86.8 cm³/mol. The normalized spacial score (nSPS) is 38.2. The zero-order chi connectivity index (χ0) is 17.0. The van der Waals surface area contributed by atoms with E-state index >= 15 is 0 Å². The molecule has 1 unspecified atom stereocenters. The predicted octanol–water partition coefficient (Wildman–Crippen LogP) is 4.03. The van der Waals surface area contributed by atoms with Gasteiger partial charge < -0.3 is 9.84 Å². The Morgan fingerprint density at radius 1 is 1.04 bits per heavy atom. The van der Waals surface area contributed by atoms with Gasteiger partial charge in [0.1, 0.15) is 5.60 Å². The minimum atomic E-state index is -1.49. The second-order valence-corrected chi connectivity index (χ2v) is 9.10. The standard InChI is InChI=1S/C19H30O4/c1-5-18(4,23-16(22)17(2,3)15(20)21)19-9-12-6-13(10-19)8-14(7-12)11-19/h12-14H,5-11H2,1-4H3,(H,20,21). The van der Waals surface area contributed by atoms with Crippen molar-refractivity contribution in [3.63, 3.8) is 0 Å². The molecule has 0 aliphatic heterocycles. The van der Waals surface area contributed by atoms with Crippen LogP contribution in [0.15, 0.2) is 0 Å². The molecule has 0 aromatic heterocycles. The van der Waals surface area contributed by atoms with Crippen LogP contribution in [0, 0.1) is 28.6 Å². The first-order chi connectivity index (χ1) is 10.6. The highest BCUT2D eigenvalue weighted by Gasteiger charge is 2.60. The summed E-state index contributed by atoms with van der Waals surface area (Å²) in [4.78, 5) is 24.0. The summed E-state index contributed by atoms with van der Waals surface area (Å²) in [5.74, 6) is 0.617. The number of aliphatic carboxylic acids is 1. The Hall–Kier alpha value is -1.06. The molecule has 0 aromatic carbocycles. The maximum atomic E-state index is 12.6. The molecule has 0 amide bonds. The SMILES string of the molecule is CCC(C)(OC(=O)C(C)(C)C(=O)O)C12CC3CC(CC(C3)C1)C2. The van der Waals surface area contributed by atoms with Crippen molar-refractivity contribution >= 4 is 11.9 Å². The molecule has 4 heteroatoms. The number of carbonyl (C=O) groups is 2. The summed E-state index contributed by atoms with van der Waals surface area (Å²) in [7, 11) is 0. The molecule has 4 aliphatic rings. The number of carboxylic acids is 1. The molecule has 0 spiro atoms. The molecular weight excluding hydrogens is 292 g/mol. The summed E-state index contributed by atoms with van der Waals surface area (Å²) >= 11 is 0. The van der Waals surface area contributed by atoms with Crippen molar-refractivity contribution in [2.75, 3.05) is 0 Å². The molecule has 0 radical (unpaired) electrons. The third-order valence-electron chi connectivity index (χ3n) is 7.20. The molecule has 130 valence electrons. The van der Waals surface area contributed by atoms with Gasteiger partial charge in [-0.05, 0) is 83.5 Å². The van der Waals surface area contributed by atoms with E-state index < -0.39 is 23.0 Å². The molecule has 4 rings (SSSR count). The molecule has 0 saturated heterocycles. The lowest BCUT2D eigenvalue weighted by Gasteiger charge is -2.62. The van der Waals surface area contributed by atoms with Crippen LogP contribution in [0.25, 0.3) is 0 Å². The van der Waals surface area contributed by atoms with Gasteiger partial charge in [-0.15, -0.1) is 0 Å². The van der Waals surface area contributed by atoms with Gasteiger partial charge in [-0.1, -0.05) is 6.92 Å². The van der Waals surface area contributed by atoms with Crippen LogP contribution in [0.2, 0.25) is 0 Å². The van der Waals surface area contributed by atoms with Crippen LogP contribution in [0.3, 0.4) is 0 Å². The van der Waals surface area contributed by atoms with Crippen molar-refractivity contribution in [2.24, 2.45) is 28.6 Å². The number of rotatable bonds is 5. The highest BCUT2D eigenvalue weighted by Crippen LogP contribution is 2.65. The lowest BCUT2D eigenvalue weighted by molar-refractivity contribution is -0.213. The van der Waals surface area contributed by atoms with Crippen LogP contribution in [0.5, 0.6) is 0 Å². The van der Waals surface area contributed by atoms with Crippen molar-refractivity contribution in [3.8, 4) is 0 Å². The molecule has 1 atom stereocenters. The number of carbonyl (C=O) groups excluding carboxylic acids is 1. The Labute approximate surface area is 139 Å². The molecule has 4 saturated carbocycles. The fourth-order valence-corrected chi connectivity index (χ4v) is 5.73. The van der Waals surface area contributed by atoms with Crippen LogP contribution >= 0.6 is 0 Å². The van der Waals surface area contributed by atoms with E-state index in [9.17, 15) is 14.7 Å². The Kier molecular flexibility index (Phi) is 3.81. The van der Waals surface area contributed by atoms with Crippen molar-refractivity contribution < 1.29 is 19.4 Å². The average molecular weight is 322 g/mol. The zero-order valence-corrected chi connectivity index (χ0v) is 14.9. The smallest absolute Gasteiger partial charge is 0.323 e. The highest BCUT2D eigenvalue weighted by atomic mass is 16.6. The van der Waals surface area contributed by atoms with Gasteiger partial charge in [0.25, 0.3) is 0 Å². The molecule has 23 heavy (non-hydrogen) atoms. The fraction of sp³-hybridized carbons (Fsp3) is 0.895. The average Bonchev–Trinajstić information content (AvgIpc) is 2.45. The van der Waals surface area contributed by atoms with Crippen LogP contribution < -0.4 is 0 Å². The van der Waals surface area contributed by atoms with Crippen LogP contribution in [-0.4, -0.2) is 22.6 Å². The summed E-state index contributed by atoms with van der Waals surface area (Å²) in [5.41, 5.74) is -1.98. The van der Waals surface area contributed by atoms with E-state index in [2.05, 4.69) is 13.8 Å². The number of hydrogen-bond donors (Lipinski definition) is 1. The van der Waals surface area contributed by atoms with Gasteiger partial charge in [-0.3, -0.25) is 9.59 Å². The number of esters is 1. The topological polar surface area (TPSA) is 63.6 Å². The van der Waals surface area contributed by atoms with Crippen LogP contribution in [0.1, 0.15) is 72.6 Å². The summed E-state index contributed by atoms with van der Waals surface area (Å²) < 4.78 is 5.98. The molecule has 0 aromatic rings. The van der Waals surface area contributed by atoms with E-state index in [0.717, 1.165) is 43.4 Å². The van der Waals surface area contributed by atoms with Gasteiger partial charge in [-0.25, -0.2) is 0 Å². The quantitative estimate of drug-likeness (QED) is 0.613. The van der Waals surface area contributed by atoms with E-state index in [1.165, 1.54) is 33.1 Å². The molecule has 1 N–H and O–H groups in total. The minimum Gasteiger partial charge on any atom is -0.480 e. The third kappa shape index (κ3) is 2.49. The molecule has 4 nitrogen and oxygen atoms in total. The Bertz CT molecular complexity index is 486. The van der Waals surface area contributed by atoms with Crippen molar-refractivity contribution in [1.82, 2.24) is 0 Å². The Balaban J connectivity index is 1.86. The van der Waals surface area contributed by atoms with E-state index in [1.54, 1.807) is 0 Å². The van der Waals surface area contributed by atoms with Crippen LogP contribution in [0.4, 0.5) is 0 Å². The third-order valence-corrected chi connectivity index (χ3v) is 7.20. The summed E-state index contributed by atoms with van der Waals surface area (Å²) in [6.45, 7) is 7.00. The Morgan fingerprint density at radius 3 is 1.83 bits per heavy atom. The van der Waals surface area contributed by atoms with E-state index in [0.29, 0.717) is 0 Å². The number of hydrogen-bond acceptors (Lipinski definition) is 3. The molecule has 4 bridgehead atoms. The van der Waals surface area contributed by atoms with Gasteiger partial charge in [0.2, 0.25) is 0 Å². The lowest BCUT2D eigenvalue weighted by Crippen LogP contribution is -2.59. The first-order valence-electron chi connectivity index (χ1n) is 9.09. The second kappa shape index (κ2) is 5.22. The first kappa shape index (κ1) is 16.8. The summed E-state index contributed by atoms with van der Waals surface area (Å²) in [6, 6.07) is 0. The maximum absolute atomic E-state index is 12.6. The monoisotopic (exact) mass is 322 g/mol. The Morgan fingerprint density at radius 2 is 1.48 bits per heavy atom. The summed E-state index contributed by atoms with van der Waals surface area (Å²) in [5, 5.41) is 9.31. The van der Waals surface area contributed by atoms with Crippen molar-refractivity contribution in [3.05, 3.63) is 0 Å². The molecule has 0 heterocycles. The van der Waals surface area contributed by atoms with E-state index in [1.807, 2.05) is 0 Å². The first-order valence-corrected chi connectivity index (χ1v) is 9.09.